The zero-order valence-electron chi connectivity index (χ0n) is 15.5. The summed E-state index contributed by atoms with van der Waals surface area (Å²) in [4.78, 5) is 25.0. The number of carbonyl (C=O) groups is 1. The third-order valence-electron chi connectivity index (χ3n) is 3.99. The second kappa shape index (κ2) is 7.77. The number of hydrogen-bond acceptors (Lipinski definition) is 8. The molecule has 1 N–H and O–H groups in total. The highest BCUT2D eigenvalue weighted by Crippen LogP contribution is 2.19. The van der Waals surface area contributed by atoms with E-state index in [0.29, 0.717) is 24.8 Å². The summed E-state index contributed by atoms with van der Waals surface area (Å²) in [5.74, 6) is 0.127. The number of aryl methyl sites for hydroxylation is 1. The Morgan fingerprint density at radius 3 is 3.00 bits per heavy atom. The van der Waals surface area contributed by atoms with Crippen LogP contribution >= 0.6 is 11.3 Å². The first kappa shape index (κ1) is 18.1. The van der Waals surface area contributed by atoms with Crippen LogP contribution in [0.5, 0.6) is 0 Å². The highest BCUT2D eigenvalue weighted by molar-refractivity contribution is 7.09. The summed E-state index contributed by atoms with van der Waals surface area (Å²) in [6, 6.07) is 1.98. The van der Waals surface area contributed by atoms with E-state index < -0.39 is 0 Å². The Kier molecular flexibility index (Phi) is 5.02. The Morgan fingerprint density at radius 1 is 1.32 bits per heavy atom. The maximum Gasteiger partial charge on any atom is 0.327 e. The van der Waals surface area contributed by atoms with Gasteiger partial charge < -0.3 is 14.6 Å². The summed E-state index contributed by atoms with van der Waals surface area (Å²) < 4.78 is 8.47. The fraction of sp³-hybridized carbons (Fsp3) is 0.278. The molecule has 0 aromatic carbocycles. The van der Waals surface area contributed by atoms with Crippen LogP contribution in [0.25, 0.3) is 11.0 Å². The molecule has 10 heteroatoms. The quantitative estimate of drug-likeness (QED) is 0.479. The number of aromatic nitrogens is 6. The van der Waals surface area contributed by atoms with Crippen LogP contribution in [-0.4, -0.2) is 41.9 Å². The van der Waals surface area contributed by atoms with E-state index in [1.54, 1.807) is 36.9 Å². The van der Waals surface area contributed by atoms with Crippen LogP contribution in [0.1, 0.15) is 17.6 Å². The highest BCUT2D eigenvalue weighted by atomic mass is 32.1. The van der Waals surface area contributed by atoms with Crippen molar-refractivity contribution in [1.82, 2.24) is 29.3 Å². The number of carbonyl (C=O) groups excluding carboxylic acids is 1. The zero-order chi connectivity index (χ0) is 19.5. The molecular weight excluding hydrogens is 378 g/mol. The first-order valence-electron chi connectivity index (χ1n) is 8.78. The predicted octanol–water partition coefficient (Wildman–Crippen LogP) is 2.75. The first-order valence-corrected chi connectivity index (χ1v) is 9.66. The molecule has 0 unspecified atom stereocenters. The Bertz CT molecular complexity index is 1110. The van der Waals surface area contributed by atoms with Crippen LogP contribution in [0.4, 0.5) is 11.6 Å². The summed E-state index contributed by atoms with van der Waals surface area (Å²) in [5.41, 5.74) is 2.52. The summed E-state index contributed by atoms with van der Waals surface area (Å²) in [6.07, 6.45) is 7.08. The van der Waals surface area contributed by atoms with Gasteiger partial charge in [0.1, 0.15) is 12.2 Å². The van der Waals surface area contributed by atoms with Gasteiger partial charge in [-0.1, -0.05) is 0 Å². The molecule has 4 rings (SSSR count). The van der Waals surface area contributed by atoms with Gasteiger partial charge in [0.15, 0.2) is 0 Å². The van der Waals surface area contributed by atoms with Gasteiger partial charge in [0, 0.05) is 29.4 Å². The largest absolute Gasteiger partial charge is 0.465 e. The van der Waals surface area contributed by atoms with E-state index in [1.807, 2.05) is 23.8 Å². The fourth-order valence-electron chi connectivity index (χ4n) is 2.80. The minimum Gasteiger partial charge on any atom is -0.465 e. The van der Waals surface area contributed by atoms with Gasteiger partial charge in [-0.3, -0.25) is 9.48 Å². The number of ether oxygens (including phenoxy) is 1. The number of hydrogen-bond donors (Lipinski definition) is 1. The Hall–Kier alpha value is -3.27. The zero-order valence-corrected chi connectivity index (χ0v) is 16.3. The predicted molar refractivity (Wildman–Crippen MR) is 106 cm³/mol. The molecule has 4 aromatic rings. The van der Waals surface area contributed by atoms with Crippen LogP contribution in [0.15, 0.2) is 36.2 Å². The van der Waals surface area contributed by atoms with E-state index in [1.165, 1.54) is 4.68 Å². The molecule has 4 aromatic heterocycles. The summed E-state index contributed by atoms with van der Waals surface area (Å²) in [7, 11) is 0. The lowest BCUT2D eigenvalue weighted by Crippen LogP contribution is -2.13. The van der Waals surface area contributed by atoms with Crippen molar-refractivity contribution in [3.05, 3.63) is 46.9 Å². The van der Waals surface area contributed by atoms with Crippen molar-refractivity contribution in [2.45, 2.75) is 26.9 Å². The third-order valence-corrected chi connectivity index (χ3v) is 4.81. The molecule has 0 saturated carbocycles. The van der Waals surface area contributed by atoms with Gasteiger partial charge in [0.2, 0.25) is 5.95 Å². The minimum absolute atomic E-state index is 0.0608. The van der Waals surface area contributed by atoms with E-state index in [2.05, 4.69) is 30.7 Å². The molecule has 4 heterocycles. The molecule has 9 nitrogen and oxygen atoms in total. The maximum absolute atomic E-state index is 11.6. The van der Waals surface area contributed by atoms with Crippen molar-refractivity contribution < 1.29 is 9.53 Å². The second-order valence-corrected chi connectivity index (χ2v) is 7.19. The fourth-order valence-corrected chi connectivity index (χ4v) is 3.40. The average molecular weight is 397 g/mol. The van der Waals surface area contributed by atoms with Gasteiger partial charge in [-0.05, 0) is 19.9 Å². The van der Waals surface area contributed by atoms with Crippen LogP contribution in [0.2, 0.25) is 0 Å². The molecule has 0 saturated heterocycles. The van der Waals surface area contributed by atoms with Crippen molar-refractivity contribution >= 4 is 40.0 Å². The number of fused-ring (bicyclic) bond motifs is 1. The molecule has 0 atom stereocenters. The van der Waals surface area contributed by atoms with Crippen molar-refractivity contribution in [1.29, 1.82) is 0 Å². The van der Waals surface area contributed by atoms with Crippen molar-refractivity contribution in [2.24, 2.45) is 0 Å². The molecule has 0 aliphatic heterocycles. The lowest BCUT2D eigenvalue weighted by atomic mass is 10.4. The molecule has 0 aliphatic carbocycles. The summed E-state index contributed by atoms with van der Waals surface area (Å²) >= 11 is 1.63. The maximum atomic E-state index is 11.6. The number of rotatable bonds is 7. The first-order chi connectivity index (χ1) is 13.6. The summed E-state index contributed by atoms with van der Waals surface area (Å²) in [6.45, 7) is 4.83. The monoisotopic (exact) mass is 397 g/mol. The normalized spacial score (nSPS) is 11.1. The molecule has 0 radical (unpaired) electrons. The van der Waals surface area contributed by atoms with Gasteiger partial charge in [-0.15, -0.1) is 11.3 Å². The second-order valence-electron chi connectivity index (χ2n) is 6.13. The van der Waals surface area contributed by atoms with Crippen LogP contribution in [0, 0.1) is 6.92 Å². The van der Waals surface area contributed by atoms with Gasteiger partial charge in [0.05, 0.1) is 35.7 Å². The molecule has 0 aliphatic rings. The molecule has 0 bridgehead atoms. The molecule has 144 valence electrons. The SMILES string of the molecule is CCOC(=O)Cn1cc(Nc2ncc3ccn(Cc4csc(C)n4)c3n2)cn1. The average Bonchev–Trinajstić information content (AvgIpc) is 3.37. The van der Waals surface area contributed by atoms with Crippen LogP contribution < -0.4 is 5.32 Å². The van der Waals surface area contributed by atoms with Gasteiger partial charge in [-0.25, -0.2) is 9.97 Å². The number of esters is 1. The number of anilines is 2. The lowest BCUT2D eigenvalue weighted by Gasteiger charge is -2.05. The van der Waals surface area contributed by atoms with E-state index in [0.717, 1.165) is 21.7 Å². The standard InChI is InChI=1S/C18H19N7O2S/c1-3-27-16(26)10-25-9-14(7-20-25)22-18-19-6-13-4-5-24(17(13)23-18)8-15-11-28-12(2)21-15/h4-7,9,11H,3,8,10H2,1-2H3,(H,19,22,23). The molecular formula is C18H19N7O2S. The third kappa shape index (κ3) is 4.01. The van der Waals surface area contributed by atoms with Crippen molar-refractivity contribution in [2.75, 3.05) is 11.9 Å². The van der Waals surface area contributed by atoms with E-state index >= 15 is 0 Å². The molecule has 0 fully saturated rings. The van der Waals surface area contributed by atoms with Gasteiger partial charge in [0.25, 0.3) is 0 Å². The number of thiazole rings is 1. The van der Waals surface area contributed by atoms with Crippen LogP contribution in [0.3, 0.4) is 0 Å². The smallest absolute Gasteiger partial charge is 0.327 e. The van der Waals surface area contributed by atoms with Gasteiger partial charge >= 0.3 is 5.97 Å². The Labute approximate surface area is 165 Å². The van der Waals surface area contributed by atoms with E-state index in [9.17, 15) is 4.79 Å². The summed E-state index contributed by atoms with van der Waals surface area (Å²) in [5, 5.41) is 11.3. The lowest BCUT2D eigenvalue weighted by molar-refractivity contribution is -0.144. The Balaban J connectivity index is 1.51. The van der Waals surface area contributed by atoms with Crippen LogP contribution in [-0.2, 0) is 22.6 Å². The van der Waals surface area contributed by atoms with E-state index in [-0.39, 0.29) is 12.5 Å². The minimum atomic E-state index is -0.329. The van der Waals surface area contributed by atoms with Crippen molar-refractivity contribution in [3.63, 3.8) is 0 Å². The molecule has 0 spiro atoms. The molecule has 28 heavy (non-hydrogen) atoms. The Morgan fingerprint density at radius 2 is 2.21 bits per heavy atom. The topological polar surface area (TPSA) is 99.8 Å². The number of nitrogens with zero attached hydrogens (tertiary/aromatic N) is 6. The van der Waals surface area contributed by atoms with Crippen molar-refractivity contribution in [3.8, 4) is 0 Å². The number of nitrogens with one attached hydrogen (secondary N) is 1. The highest BCUT2D eigenvalue weighted by Gasteiger charge is 2.10. The van der Waals surface area contributed by atoms with Gasteiger partial charge in [-0.2, -0.15) is 10.1 Å². The van der Waals surface area contributed by atoms with E-state index in [4.69, 9.17) is 4.74 Å². The molecule has 0 amide bonds.